The molecule has 9 heavy (non-hydrogen) atoms. The van der Waals surface area contributed by atoms with Crippen LogP contribution in [0, 0.1) is 0 Å². The molecule has 0 saturated carbocycles. The first-order valence-electron chi connectivity index (χ1n) is 3.59. The summed E-state index contributed by atoms with van der Waals surface area (Å²) in [4.78, 5) is 4.35. The van der Waals surface area contributed by atoms with Crippen LogP contribution in [0.15, 0.2) is 17.1 Å². The average Bonchev–Trinajstić information content (AvgIpc) is 1.91. The van der Waals surface area contributed by atoms with Gasteiger partial charge >= 0.3 is 0 Å². The lowest BCUT2D eigenvalue weighted by atomic mass is 10.1. The van der Waals surface area contributed by atoms with Crippen molar-refractivity contribution in [3.8, 4) is 0 Å². The Morgan fingerprint density at radius 3 is 2.89 bits per heavy atom. The summed E-state index contributed by atoms with van der Waals surface area (Å²) in [6.45, 7) is 3.08. The fourth-order valence-electron chi connectivity index (χ4n) is 1.05. The third-order valence-electron chi connectivity index (χ3n) is 1.51. The minimum Gasteiger partial charge on any atom is -0.290 e. The van der Waals surface area contributed by atoms with E-state index in [1.54, 1.807) is 0 Å². The molecule has 1 heterocycles. The van der Waals surface area contributed by atoms with Gasteiger partial charge in [-0.05, 0) is 32.3 Å². The van der Waals surface area contributed by atoms with Crippen LogP contribution >= 0.6 is 0 Å². The van der Waals surface area contributed by atoms with Crippen molar-refractivity contribution in [2.45, 2.75) is 26.2 Å². The Morgan fingerprint density at radius 2 is 2.33 bits per heavy atom. The first-order chi connectivity index (χ1) is 4.43. The molecule has 0 aromatic carbocycles. The summed E-state index contributed by atoms with van der Waals surface area (Å²) < 4.78 is 0. The Morgan fingerprint density at radius 1 is 1.44 bits per heavy atom. The van der Waals surface area contributed by atoms with E-state index in [2.05, 4.69) is 17.1 Å². The molecule has 0 aliphatic carbocycles. The highest BCUT2D eigenvalue weighted by atomic mass is 14.7. The summed E-state index contributed by atoms with van der Waals surface area (Å²) in [6.07, 6.45) is 7.96. The van der Waals surface area contributed by atoms with Gasteiger partial charge in [0.15, 0.2) is 0 Å². The SMILES string of the molecule is C/C=C\C1=NCCCC1. The van der Waals surface area contributed by atoms with Crippen molar-refractivity contribution in [2.24, 2.45) is 4.99 Å². The third kappa shape index (κ3) is 2.00. The van der Waals surface area contributed by atoms with Crippen LogP contribution in [0.5, 0.6) is 0 Å². The van der Waals surface area contributed by atoms with Gasteiger partial charge in [0.05, 0.1) is 0 Å². The first kappa shape index (κ1) is 6.53. The summed E-state index contributed by atoms with van der Waals surface area (Å²) in [5.74, 6) is 0. The van der Waals surface area contributed by atoms with Crippen LogP contribution in [0.2, 0.25) is 0 Å². The smallest absolute Gasteiger partial charge is 0.0392 e. The first-order valence-corrected chi connectivity index (χ1v) is 3.59. The number of hydrogen-bond acceptors (Lipinski definition) is 1. The highest BCUT2D eigenvalue weighted by Crippen LogP contribution is 2.05. The van der Waals surface area contributed by atoms with Crippen molar-refractivity contribution in [2.75, 3.05) is 6.54 Å². The van der Waals surface area contributed by atoms with Crippen molar-refractivity contribution < 1.29 is 0 Å². The number of allylic oxidation sites excluding steroid dienone is 2. The minimum absolute atomic E-state index is 1.04. The molecule has 0 aromatic heterocycles. The number of rotatable bonds is 1. The summed E-state index contributed by atoms with van der Waals surface area (Å²) in [5, 5.41) is 0. The lowest BCUT2D eigenvalue weighted by Crippen LogP contribution is -2.01. The molecule has 1 rings (SSSR count). The van der Waals surface area contributed by atoms with Gasteiger partial charge < -0.3 is 0 Å². The summed E-state index contributed by atoms with van der Waals surface area (Å²) in [7, 11) is 0. The van der Waals surface area contributed by atoms with Crippen molar-refractivity contribution in [3.05, 3.63) is 12.2 Å². The maximum absolute atomic E-state index is 4.35. The van der Waals surface area contributed by atoms with E-state index < -0.39 is 0 Å². The summed E-state index contributed by atoms with van der Waals surface area (Å²) >= 11 is 0. The number of hydrogen-bond donors (Lipinski definition) is 0. The van der Waals surface area contributed by atoms with Gasteiger partial charge in [0.1, 0.15) is 0 Å². The average molecular weight is 123 g/mol. The van der Waals surface area contributed by atoms with Crippen molar-refractivity contribution in [1.82, 2.24) is 0 Å². The summed E-state index contributed by atoms with van der Waals surface area (Å²) in [6, 6.07) is 0. The molecule has 0 fully saturated rings. The van der Waals surface area contributed by atoms with Crippen LogP contribution in [0.1, 0.15) is 26.2 Å². The molecule has 0 aromatic rings. The maximum Gasteiger partial charge on any atom is 0.0392 e. The molecular weight excluding hydrogens is 110 g/mol. The second kappa shape index (κ2) is 3.44. The van der Waals surface area contributed by atoms with Crippen LogP contribution in [0.25, 0.3) is 0 Å². The predicted octanol–water partition coefficient (Wildman–Crippen LogP) is 2.19. The van der Waals surface area contributed by atoms with Crippen LogP contribution in [-0.2, 0) is 0 Å². The molecule has 0 amide bonds. The minimum atomic E-state index is 1.04. The molecule has 0 N–H and O–H groups in total. The quantitative estimate of drug-likeness (QED) is 0.507. The number of nitrogens with zero attached hydrogens (tertiary/aromatic N) is 1. The Labute approximate surface area is 56.5 Å². The highest BCUT2D eigenvalue weighted by molar-refractivity contribution is 5.95. The zero-order chi connectivity index (χ0) is 6.53. The van der Waals surface area contributed by atoms with Crippen LogP contribution < -0.4 is 0 Å². The van der Waals surface area contributed by atoms with E-state index in [9.17, 15) is 0 Å². The Bertz CT molecular complexity index is 134. The molecule has 0 spiro atoms. The van der Waals surface area contributed by atoms with Gasteiger partial charge in [-0.15, -0.1) is 0 Å². The van der Waals surface area contributed by atoms with Crippen molar-refractivity contribution >= 4 is 5.71 Å². The van der Waals surface area contributed by atoms with E-state index in [0.29, 0.717) is 0 Å². The Balaban J connectivity index is 2.46. The molecule has 0 atom stereocenters. The largest absolute Gasteiger partial charge is 0.290 e. The van der Waals surface area contributed by atoms with Gasteiger partial charge in [0.25, 0.3) is 0 Å². The molecule has 0 radical (unpaired) electrons. The van der Waals surface area contributed by atoms with Gasteiger partial charge in [0, 0.05) is 12.3 Å². The topological polar surface area (TPSA) is 12.4 Å². The summed E-state index contributed by atoms with van der Waals surface area (Å²) in [5.41, 5.74) is 1.28. The van der Waals surface area contributed by atoms with Crippen LogP contribution in [0.4, 0.5) is 0 Å². The molecular formula is C8H13N. The van der Waals surface area contributed by atoms with Crippen molar-refractivity contribution in [1.29, 1.82) is 0 Å². The molecule has 1 aliphatic heterocycles. The molecule has 1 heteroatoms. The standard InChI is InChI=1S/C8H13N/c1-2-5-8-6-3-4-7-9-8/h2,5H,3-4,6-7H2,1H3/b5-2-. The van der Waals surface area contributed by atoms with Crippen molar-refractivity contribution in [3.63, 3.8) is 0 Å². The lowest BCUT2D eigenvalue weighted by molar-refractivity contribution is 0.740. The van der Waals surface area contributed by atoms with Gasteiger partial charge in [-0.25, -0.2) is 0 Å². The molecule has 0 saturated heterocycles. The number of aliphatic imine (C=N–C) groups is 1. The lowest BCUT2D eigenvalue weighted by Gasteiger charge is -2.06. The van der Waals surface area contributed by atoms with Crippen LogP contribution in [-0.4, -0.2) is 12.3 Å². The zero-order valence-electron chi connectivity index (χ0n) is 5.93. The van der Waals surface area contributed by atoms with Gasteiger partial charge in [0.2, 0.25) is 0 Å². The van der Waals surface area contributed by atoms with E-state index in [4.69, 9.17) is 0 Å². The predicted molar refractivity (Wildman–Crippen MR) is 41.0 cm³/mol. The van der Waals surface area contributed by atoms with Gasteiger partial charge in [-0.3, -0.25) is 4.99 Å². The second-order valence-corrected chi connectivity index (χ2v) is 2.33. The van der Waals surface area contributed by atoms with E-state index in [1.807, 2.05) is 6.92 Å². The molecule has 50 valence electrons. The fraction of sp³-hybridized carbons (Fsp3) is 0.625. The van der Waals surface area contributed by atoms with Gasteiger partial charge in [-0.1, -0.05) is 6.08 Å². The maximum atomic E-state index is 4.35. The molecule has 0 bridgehead atoms. The highest BCUT2D eigenvalue weighted by Gasteiger charge is 1.99. The monoisotopic (exact) mass is 123 g/mol. The van der Waals surface area contributed by atoms with E-state index in [-0.39, 0.29) is 0 Å². The molecule has 1 aliphatic rings. The second-order valence-electron chi connectivity index (χ2n) is 2.33. The molecule has 1 nitrogen and oxygen atoms in total. The fourth-order valence-corrected chi connectivity index (χ4v) is 1.05. The van der Waals surface area contributed by atoms with Crippen LogP contribution in [0.3, 0.4) is 0 Å². The molecule has 0 unspecified atom stereocenters. The van der Waals surface area contributed by atoms with Gasteiger partial charge in [-0.2, -0.15) is 0 Å². The Hall–Kier alpha value is -0.590. The Kier molecular flexibility index (Phi) is 2.49. The normalized spacial score (nSPS) is 20.3. The van der Waals surface area contributed by atoms with E-state index in [0.717, 1.165) is 6.54 Å². The zero-order valence-corrected chi connectivity index (χ0v) is 5.93. The van der Waals surface area contributed by atoms with E-state index >= 15 is 0 Å². The van der Waals surface area contributed by atoms with E-state index in [1.165, 1.54) is 25.0 Å². The third-order valence-corrected chi connectivity index (χ3v) is 1.51.